The Kier molecular flexibility index (Phi) is 5.44. The second kappa shape index (κ2) is 7.13. The van der Waals surface area contributed by atoms with E-state index >= 15 is 0 Å². The molecule has 22 heavy (non-hydrogen) atoms. The minimum Gasteiger partial charge on any atom is -0.337 e. The predicted molar refractivity (Wildman–Crippen MR) is 89.5 cm³/mol. The topological polar surface area (TPSA) is 84.0 Å². The van der Waals surface area contributed by atoms with Gasteiger partial charge in [0.2, 0.25) is 15.3 Å². The van der Waals surface area contributed by atoms with Crippen molar-refractivity contribution >= 4 is 50.4 Å². The number of hydrogen-bond acceptors (Lipinski definition) is 5. The van der Waals surface area contributed by atoms with Crippen molar-refractivity contribution in [3.05, 3.63) is 40.8 Å². The van der Waals surface area contributed by atoms with E-state index in [9.17, 15) is 8.42 Å². The quantitative estimate of drug-likeness (QED) is 0.767. The molecule has 0 aliphatic rings. The molecule has 1 aromatic carbocycles. The van der Waals surface area contributed by atoms with Crippen LogP contribution in [-0.2, 0) is 10.0 Å². The summed E-state index contributed by atoms with van der Waals surface area (Å²) in [7, 11) is -3.40. The molecule has 2 N–H and O–H groups in total. The molecule has 6 nitrogen and oxygen atoms in total. The molecule has 118 valence electrons. The van der Waals surface area contributed by atoms with Gasteiger partial charge in [0.25, 0.3) is 0 Å². The van der Waals surface area contributed by atoms with Crippen LogP contribution < -0.4 is 10.0 Å². The summed E-state index contributed by atoms with van der Waals surface area (Å²) < 4.78 is 26.4. The number of halogens is 2. The Morgan fingerprint density at radius 1 is 1.18 bits per heavy atom. The van der Waals surface area contributed by atoms with Gasteiger partial charge in [-0.25, -0.2) is 13.4 Å². The fraction of sp³-hybridized carbons (Fsp3) is 0.231. The van der Waals surface area contributed by atoms with Crippen LogP contribution in [-0.4, -0.2) is 24.1 Å². The summed E-state index contributed by atoms with van der Waals surface area (Å²) in [6.07, 6.45) is 1.89. The van der Waals surface area contributed by atoms with E-state index < -0.39 is 10.0 Å². The van der Waals surface area contributed by atoms with Gasteiger partial charge < -0.3 is 5.32 Å². The van der Waals surface area contributed by atoms with Crippen molar-refractivity contribution in [3.63, 3.8) is 0 Å². The van der Waals surface area contributed by atoms with Gasteiger partial charge in [0.15, 0.2) is 5.82 Å². The van der Waals surface area contributed by atoms with Gasteiger partial charge in [0.1, 0.15) is 5.02 Å². The predicted octanol–water partition coefficient (Wildman–Crippen LogP) is 3.68. The Balaban J connectivity index is 2.31. The lowest BCUT2D eigenvalue weighted by atomic mass is 10.2. The van der Waals surface area contributed by atoms with E-state index in [2.05, 4.69) is 20.0 Å². The minimum atomic E-state index is -3.40. The summed E-state index contributed by atoms with van der Waals surface area (Å²) >= 11 is 11.7. The highest BCUT2D eigenvalue weighted by molar-refractivity contribution is 7.92. The van der Waals surface area contributed by atoms with Crippen molar-refractivity contribution in [1.82, 2.24) is 9.97 Å². The first kappa shape index (κ1) is 16.8. The van der Waals surface area contributed by atoms with Gasteiger partial charge in [0, 0.05) is 0 Å². The Morgan fingerprint density at radius 3 is 2.55 bits per heavy atom. The van der Waals surface area contributed by atoms with Crippen LogP contribution in [0.15, 0.2) is 30.5 Å². The summed E-state index contributed by atoms with van der Waals surface area (Å²) in [5.74, 6) is 0.338. The van der Waals surface area contributed by atoms with Crippen molar-refractivity contribution in [2.75, 3.05) is 15.8 Å². The number of nitrogens with zero attached hydrogens (tertiary/aromatic N) is 2. The SMILES string of the molecule is CCCS(=O)(=O)Nc1ccccc1Nc1nc(Cl)ncc1Cl. The summed E-state index contributed by atoms with van der Waals surface area (Å²) in [4.78, 5) is 7.73. The molecular weight excluding hydrogens is 347 g/mol. The normalized spacial score (nSPS) is 11.2. The van der Waals surface area contributed by atoms with E-state index in [0.29, 0.717) is 23.6 Å². The molecule has 0 spiro atoms. The molecular formula is C13H14Cl2N4O2S. The van der Waals surface area contributed by atoms with Gasteiger partial charge in [-0.15, -0.1) is 0 Å². The molecule has 1 heterocycles. The van der Waals surface area contributed by atoms with E-state index in [1.165, 1.54) is 6.20 Å². The fourth-order valence-electron chi connectivity index (χ4n) is 1.73. The molecule has 0 saturated heterocycles. The summed E-state index contributed by atoms with van der Waals surface area (Å²) in [5.41, 5.74) is 0.917. The number of aromatic nitrogens is 2. The molecule has 0 atom stereocenters. The van der Waals surface area contributed by atoms with Crippen LogP contribution >= 0.6 is 23.2 Å². The number of hydrogen-bond donors (Lipinski definition) is 2. The summed E-state index contributed by atoms with van der Waals surface area (Å²) in [5, 5.41) is 3.26. The van der Waals surface area contributed by atoms with Crippen LogP contribution in [0.1, 0.15) is 13.3 Å². The van der Waals surface area contributed by atoms with Gasteiger partial charge in [0.05, 0.1) is 23.3 Å². The number of rotatable bonds is 6. The highest BCUT2D eigenvalue weighted by Crippen LogP contribution is 2.29. The lowest BCUT2D eigenvalue weighted by molar-refractivity contribution is 0.600. The first-order chi connectivity index (χ1) is 10.4. The summed E-state index contributed by atoms with van der Waals surface area (Å²) in [6.45, 7) is 1.80. The second-order valence-corrected chi connectivity index (χ2v) is 7.01. The van der Waals surface area contributed by atoms with Crippen LogP contribution in [0.3, 0.4) is 0 Å². The third kappa shape index (κ3) is 4.46. The van der Waals surface area contributed by atoms with Crippen molar-refractivity contribution in [2.24, 2.45) is 0 Å². The standard InChI is InChI=1S/C13H14Cl2N4O2S/c1-2-7-22(20,21)19-11-6-4-3-5-10(11)17-12-9(14)8-16-13(15)18-12/h3-6,8,19H,2,7H2,1H3,(H,16,17,18). The third-order valence-corrected chi connectivity index (χ3v) is 4.57. The minimum absolute atomic E-state index is 0.0379. The molecule has 0 aliphatic carbocycles. The molecule has 0 amide bonds. The average Bonchev–Trinajstić information content (AvgIpc) is 2.44. The molecule has 0 unspecified atom stereocenters. The van der Waals surface area contributed by atoms with Crippen LogP contribution in [0.25, 0.3) is 0 Å². The molecule has 2 rings (SSSR count). The Bertz CT molecular complexity index is 768. The Labute approximate surface area is 138 Å². The number of nitrogens with one attached hydrogen (secondary N) is 2. The Morgan fingerprint density at radius 2 is 1.86 bits per heavy atom. The van der Waals surface area contributed by atoms with E-state index in [0.717, 1.165) is 0 Å². The molecule has 2 aromatic rings. The van der Waals surface area contributed by atoms with Gasteiger partial charge in [-0.2, -0.15) is 4.98 Å². The lowest BCUT2D eigenvalue weighted by Gasteiger charge is -2.14. The molecule has 1 aromatic heterocycles. The first-order valence-electron chi connectivity index (χ1n) is 6.46. The maximum atomic E-state index is 11.9. The highest BCUT2D eigenvalue weighted by Gasteiger charge is 2.13. The lowest BCUT2D eigenvalue weighted by Crippen LogP contribution is -2.17. The van der Waals surface area contributed by atoms with E-state index in [4.69, 9.17) is 23.2 Å². The Hall–Kier alpha value is -1.57. The molecule has 0 radical (unpaired) electrons. The fourth-order valence-corrected chi connectivity index (χ4v) is 3.15. The second-order valence-electron chi connectivity index (χ2n) is 4.43. The zero-order chi connectivity index (χ0) is 16.2. The maximum Gasteiger partial charge on any atom is 0.232 e. The zero-order valence-corrected chi connectivity index (χ0v) is 14.0. The highest BCUT2D eigenvalue weighted by atomic mass is 35.5. The number of para-hydroxylation sites is 2. The van der Waals surface area contributed by atoms with Gasteiger partial charge >= 0.3 is 0 Å². The first-order valence-corrected chi connectivity index (χ1v) is 8.86. The van der Waals surface area contributed by atoms with Crippen LogP contribution in [0.5, 0.6) is 0 Å². The molecule has 0 saturated carbocycles. The smallest absolute Gasteiger partial charge is 0.232 e. The average molecular weight is 361 g/mol. The van der Waals surface area contributed by atoms with Crippen molar-refractivity contribution in [1.29, 1.82) is 0 Å². The summed E-state index contributed by atoms with van der Waals surface area (Å²) in [6, 6.07) is 6.84. The molecule has 9 heteroatoms. The molecule has 0 aliphatic heterocycles. The van der Waals surface area contributed by atoms with Crippen LogP contribution in [0.2, 0.25) is 10.3 Å². The van der Waals surface area contributed by atoms with Crippen molar-refractivity contribution in [2.45, 2.75) is 13.3 Å². The van der Waals surface area contributed by atoms with E-state index in [1.807, 2.05) is 0 Å². The molecule has 0 bridgehead atoms. The number of benzene rings is 1. The van der Waals surface area contributed by atoms with Crippen LogP contribution in [0.4, 0.5) is 17.2 Å². The monoisotopic (exact) mass is 360 g/mol. The van der Waals surface area contributed by atoms with Gasteiger partial charge in [-0.3, -0.25) is 4.72 Å². The van der Waals surface area contributed by atoms with Crippen molar-refractivity contribution in [3.8, 4) is 0 Å². The van der Waals surface area contributed by atoms with Gasteiger partial charge in [-0.05, 0) is 30.2 Å². The van der Waals surface area contributed by atoms with Crippen molar-refractivity contribution < 1.29 is 8.42 Å². The van der Waals surface area contributed by atoms with Gasteiger partial charge in [-0.1, -0.05) is 30.7 Å². The van der Waals surface area contributed by atoms with Crippen LogP contribution in [0, 0.1) is 0 Å². The number of anilines is 3. The zero-order valence-electron chi connectivity index (χ0n) is 11.7. The van der Waals surface area contributed by atoms with E-state index in [-0.39, 0.29) is 16.1 Å². The largest absolute Gasteiger partial charge is 0.337 e. The molecule has 0 fully saturated rings. The number of sulfonamides is 1. The third-order valence-electron chi connectivity index (χ3n) is 2.63. The maximum absolute atomic E-state index is 11.9. The van der Waals surface area contributed by atoms with E-state index in [1.54, 1.807) is 31.2 Å².